The maximum Gasteiger partial charge on any atom is 0.232 e. The molecule has 12 heavy (non-hydrogen) atoms. The fourth-order valence-corrected chi connectivity index (χ4v) is 0.675. The van der Waals surface area contributed by atoms with Gasteiger partial charge in [0.15, 0.2) is 5.82 Å². The zero-order chi connectivity index (χ0) is 8.97. The summed E-state index contributed by atoms with van der Waals surface area (Å²) in [6.07, 6.45) is 1.21. The molecular weight excluding hydrogens is 178 g/mol. The number of hydrogen-bond acceptors (Lipinski definition) is 5. The molecule has 5 nitrogen and oxygen atoms in total. The van der Waals surface area contributed by atoms with Gasteiger partial charge in [-0.1, -0.05) is 5.16 Å². The van der Waals surface area contributed by atoms with Gasteiger partial charge in [0.25, 0.3) is 0 Å². The summed E-state index contributed by atoms with van der Waals surface area (Å²) < 4.78 is 4.48. The highest BCUT2D eigenvalue weighted by Crippen LogP contribution is 1.93. The number of aromatic nitrogens is 2. The summed E-state index contributed by atoms with van der Waals surface area (Å²) >= 11 is 3.95. The van der Waals surface area contributed by atoms with Crippen molar-refractivity contribution >= 4 is 18.5 Å². The van der Waals surface area contributed by atoms with E-state index in [0.29, 0.717) is 5.82 Å². The molecule has 0 aromatic carbocycles. The monoisotopic (exact) mass is 187 g/mol. The van der Waals surface area contributed by atoms with Crippen LogP contribution in [0.3, 0.4) is 0 Å². The molecule has 0 radical (unpaired) electrons. The number of nitrogens with one attached hydrogen (secondary N) is 1. The second-order valence-electron chi connectivity index (χ2n) is 2.24. The van der Waals surface area contributed by atoms with Crippen LogP contribution in [0.1, 0.15) is 12.7 Å². The Morgan fingerprint density at radius 3 is 3.17 bits per heavy atom. The van der Waals surface area contributed by atoms with Gasteiger partial charge >= 0.3 is 0 Å². The molecule has 1 rings (SSSR count). The number of rotatable bonds is 3. The van der Waals surface area contributed by atoms with E-state index < -0.39 is 0 Å². The predicted molar refractivity (Wildman–Crippen MR) is 44.6 cm³/mol. The number of carbonyl (C=O) groups excluding carboxylic acids is 1. The van der Waals surface area contributed by atoms with Crippen molar-refractivity contribution in [3.63, 3.8) is 0 Å². The van der Waals surface area contributed by atoms with Gasteiger partial charge in [-0.3, -0.25) is 4.79 Å². The average molecular weight is 187 g/mol. The van der Waals surface area contributed by atoms with E-state index in [0.717, 1.165) is 0 Å². The maximum atomic E-state index is 11.0. The number of amides is 1. The van der Waals surface area contributed by atoms with Crippen LogP contribution in [-0.2, 0) is 11.3 Å². The minimum absolute atomic E-state index is 0.150. The van der Waals surface area contributed by atoms with Crippen LogP contribution < -0.4 is 5.32 Å². The van der Waals surface area contributed by atoms with Crippen molar-refractivity contribution in [3.8, 4) is 0 Å². The SMILES string of the molecule is CC(S)C(=O)NCc1ncon1. The largest absolute Gasteiger partial charge is 0.348 e. The molecule has 1 aromatic rings. The first kappa shape index (κ1) is 9.05. The van der Waals surface area contributed by atoms with Crippen molar-refractivity contribution in [2.75, 3.05) is 0 Å². The van der Waals surface area contributed by atoms with Gasteiger partial charge in [0.1, 0.15) is 0 Å². The summed E-state index contributed by atoms with van der Waals surface area (Å²) in [4.78, 5) is 14.7. The zero-order valence-electron chi connectivity index (χ0n) is 6.52. The standard InChI is InChI=1S/C6H9N3O2S/c1-4(12)6(10)7-2-5-8-3-11-9-5/h3-4,12H,2H2,1H3,(H,7,10). The fraction of sp³-hybridized carbons (Fsp3) is 0.500. The Kier molecular flexibility index (Phi) is 3.09. The molecule has 1 heterocycles. The van der Waals surface area contributed by atoms with Gasteiger partial charge in [0, 0.05) is 0 Å². The first-order chi connectivity index (χ1) is 5.70. The molecule has 1 N–H and O–H groups in total. The van der Waals surface area contributed by atoms with Crippen LogP contribution in [0.2, 0.25) is 0 Å². The third-order valence-electron chi connectivity index (χ3n) is 1.21. The van der Waals surface area contributed by atoms with Crippen LogP contribution in [-0.4, -0.2) is 21.3 Å². The molecule has 0 aliphatic heterocycles. The molecule has 1 amide bonds. The highest BCUT2D eigenvalue weighted by Gasteiger charge is 2.07. The number of hydrogen-bond donors (Lipinski definition) is 2. The quantitative estimate of drug-likeness (QED) is 0.654. The van der Waals surface area contributed by atoms with Crippen LogP contribution in [0.15, 0.2) is 10.9 Å². The lowest BCUT2D eigenvalue weighted by Gasteiger charge is -2.03. The second-order valence-corrected chi connectivity index (χ2v) is 3.02. The topological polar surface area (TPSA) is 68.0 Å². The summed E-state index contributed by atoms with van der Waals surface area (Å²) in [6.45, 7) is 1.97. The lowest BCUT2D eigenvalue weighted by molar-refractivity contribution is -0.120. The Morgan fingerprint density at radius 1 is 1.92 bits per heavy atom. The Balaban J connectivity index is 2.32. The molecule has 0 aliphatic rings. The van der Waals surface area contributed by atoms with Crippen molar-refractivity contribution in [3.05, 3.63) is 12.2 Å². The second kappa shape index (κ2) is 4.10. The summed E-state index contributed by atoms with van der Waals surface area (Å²) in [7, 11) is 0. The lowest BCUT2D eigenvalue weighted by Crippen LogP contribution is -2.29. The van der Waals surface area contributed by atoms with Crippen LogP contribution in [0.4, 0.5) is 0 Å². The van der Waals surface area contributed by atoms with Crippen molar-refractivity contribution in [2.45, 2.75) is 18.7 Å². The van der Waals surface area contributed by atoms with Gasteiger partial charge in [-0.15, -0.1) is 0 Å². The Labute approximate surface area is 74.9 Å². The molecule has 1 atom stereocenters. The number of thiol groups is 1. The van der Waals surface area contributed by atoms with Gasteiger partial charge in [-0.25, -0.2) is 0 Å². The molecule has 0 spiro atoms. The van der Waals surface area contributed by atoms with E-state index in [-0.39, 0.29) is 17.7 Å². The van der Waals surface area contributed by atoms with Gasteiger partial charge in [-0.2, -0.15) is 17.6 Å². The molecule has 0 fully saturated rings. The van der Waals surface area contributed by atoms with E-state index in [9.17, 15) is 4.79 Å². The molecule has 0 aliphatic carbocycles. The van der Waals surface area contributed by atoms with Gasteiger partial charge in [0.2, 0.25) is 12.3 Å². The summed E-state index contributed by atoms with van der Waals surface area (Å²) in [5, 5.41) is 5.78. The smallest absolute Gasteiger partial charge is 0.232 e. The van der Waals surface area contributed by atoms with Crippen molar-refractivity contribution < 1.29 is 9.32 Å². The van der Waals surface area contributed by atoms with E-state index in [1.54, 1.807) is 6.92 Å². The highest BCUT2D eigenvalue weighted by molar-refractivity contribution is 7.81. The third-order valence-corrected chi connectivity index (χ3v) is 1.44. The fourth-order valence-electron chi connectivity index (χ4n) is 0.584. The summed E-state index contributed by atoms with van der Waals surface area (Å²) in [5.41, 5.74) is 0. The van der Waals surface area contributed by atoms with Crippen LogP contribution in [0.25, 0.3) is 0 Å². The molecule has 0 saturated heterocycles. The summed E-state index contributed by atoms with van der Waals surface area (Å²) in [5.74, 6) is 0.306. The maximum absolute atomic E-state index is 11.0. The Bertz CT molecular complexity index is 247. The van der Waals surface area contributed by atoms with Crippen LogP contribution in [0, 0.1) is 0 Å². The Hall–Kier alpha value is -1.04. The van der Waals surface area contributed by atoms with Crippen LogP contribution in [0.5, 0.6) is 0 Å². The van der Waals surface area contributed by atoms with E-state index in [1.807, 2.05) is 0 Å². The van der Waals surface area contributed by atoms with Gasteiger partial charge in [0.05, 0.1) is 11.8 Å². The molecular formula is C6H9N3O2S. The van der Waals surface area contributed by atoms with Crippen molar-refractivity contribution in [1.29, 1.82) is 0 Å². The van der Waals surface area contributed by atoms with Gasteiger partial charge in [-0.05, 0) is 6.92 Å². The first-order valence-electron chi connectivity index (χ1n) is 3.41. The highest BCUT2D eigenvalue weighted by atomic mass is 32.1. The van der Waals surface area contributed by atoms with Crippen LogP contribution >= 0.6 is 12.6 Å². The Morgan fingerprint density at radius 2 is 2.67 bits per heavy atom. The zero-order valence-corrected chi connectivity index (χ0v) is 7.41. The van der Waals surface area contributed by atoms with E-state index in [2.05, 4.69) is 32.6 Å². The molecule has 1 unspecified atom stereocenters. The average Bonchev–Trinajstić information content (AvgIpc) is 2.51. The molecule has 0 bridgehead atoms. The van der Waals surface area contributed by atoms with Crippen molar-refractivity contribution in [2.24, 2.45) is 0 Å². The first-order valence-corrected chi connectivity index (χ1v) is 3.93. The van der Waals surface area contributed by atoms with E-state index in [4.69, 9.17) is 0 Å². The minimum Gasteiger partial charge on any atom is -0.348 e. The van der Waals surface area contributed by atoms with E-state index >= 15 is 0 Å². The van der Waals surface area contributed by atoms with E-state index in [1.165, 1.54) is 6.39 Å². The molecule has 66 valence electrons. The van der Waals surface area contributed by atoms with Gasteiger partial charge < -0.3 is 9.84 Å². The normalized spacial score (nSPS) is 12.5. The summed E-state index contributed by atoms with van der Waals surface area (Å²) in [6, 6.07) is 0. The number of nitrogens with zero attached hydrogens (tertiary/aromatic N) is 2. The predicted octanol–water partition coefficient (Wildman–Crippen LogP) is 0.00410. The number of carbonyl (C=O) groups is 1. The molecule has 0 saturated carbocycles. The minimum atomic E-state index is -0.322. The van der Waals surface area contributed by atoms with Crippen molar-refractivity contribution in [1.82, 2.24) is 15.5 Å². The molecule has 1 aromatic heterocycles. The molecule has 6 heteroatoms. The third kappa shape index (κ3) is 2.54. The lowest BCUT2D eigenvalue weighted by atomic mass is 10.4.